The quantitative estimate of drug-likeness (QED) is 0.716. The van der Waals surface area contributed by atoms with Crippen molar-refractivity contribution in [2.75, 3.05) is 6.61 Å². The Balaban J connectivity index is 2.24. The summed E-state index contributed by atoms with van der Waals surface area (Å²) in [5.74, 6) is -1.01. The Labute approximate surface area is 73.7 Å². The van der Waals surface area contributed by atoms with Gasteiger partial charge >= 0.3 is 5.97 Å². The first kappa shape index (κ1) is 8.87. The van der Waals surface area contributed by atoms with Crippen LogP contribution in [0, 0.1) is 5.41 Å². The lowest BCUT2D eigenvalue weighted by molar-refractivity contribution is -0.153. The first-order valence-electron chi connectivity index (χ1n) is 4.16. The van der Waals surface area contributed by atoms with E-state index in [-0.39, 0.29) is 19.4 Å². The fraction of sp³-hybridized carbons (Fsp3) is 0.875. The van der Waals surface area contributed by atoms with E-state index in [1.807, 2.05) is 0 Å². The van der Waals surface area contributed by atoms with Crippen LogP contribution >= 0.6 is 0 Å². The third kappa shape index (κ3) is 0.995. The average molecular weight is 192 g/mol. The molecule has 74 valence electrons. The molecule has 0 aromatic heterocycles. The molecule has 5 heteroatoms. The first-order chi connectivity index (χ1) is 6.01. The van der Waals surface area contributed by atoms with Crippen molar-refractivity contribution in [2.45, 2.75) is 31.3 Å². The number of carbonyl (C=O) groups is 1. The fourth-order valence-corrected chi connectivity index (χ4v) is 2.22. The molecule has 1 N–H and O–H groups in total. The molecule has 2 aliphatic rings. The van der Waals surface area contributed by atoms with E-state index >= 15 is 0 Å². The fourth-order valence-electron chi connectivity index (χ4n) is 2.22. The van der Waals surface area contributed by atoms with Crippen molar-refractivity contribution in [3.8, 4) is 0 Å². The van der Waals surface area contributed by atoms with Gasteiger partial charge in [0.05, 0.1) is 12.0 Å². The van der Waals surface area contributed by atoms with E-state index in [0.29, 0.717) is 6.42 Å². The lowest BCUT2D eigenvalue weighted by atomic mass is 9.88. The normalized spacial score (nSPS) is 43.0. The highest BCUT2D eigenvalue weighted by Crippen LogP contribution is 2.55. The largest absolute Gasteiger partial charge is 0.481 e. The number of rotatable bonds is 2. The summed E-state index contributed by atoms with van der Waals surface area (Å²) in [4.78, 5) is 10.8. The molecule has 0 radical (unpaired) electrons. The zero-order chi connectivity index (χ0) is 9.69. The van der Waals surface area contributed by atoms with Gasteiger partial charge in [-0.05, 0) is 12.8 Å². The Kier molecular flexibility index (Phi) is 1.64. The van der Waals surface area contributed by atoms with Gasteiger partial charge in [-0.2, -0.15) is 0 Å². The molecule has 2 bridgehead atoms. The molecule has 3 nitrogen and oxygen atoms in total. The molecule has 2 unspecified atom stereocenters. The standard InChI is InChI=1S/C8H10F2O3/c9-5(10)8-2-1-7(3-8,4-13-8)6(11)12/h5H,1-4H2,(H,11,12). The predicted molar refractivity (Wildman–Crippen MR) is 38.6 cm³/mol. The monoisotopic (exact) mass is 192 g/mol. The molecule has 1 aliphatic heterocycles. The Hall–Kier alpha value is -0.710. The van der Waals surface area contributed by atoms with Crippen molar-refractivity contribution in [3.63, 3.8) is 0 Å². The van der Waals surface area contributed by atoms with E-state index in [0.717, 1.165) is 0 Å². The number of aliphatic carboxylic acids is 1. The van der Waals surface area contributed by atoms with Crippen molar-refractivity contribution in [2.24, 2.45) is 5.41 Å². The van der Waals surface area contributed by atoms with Crippen molar-refractivity contribution in [3.05, 3.63) is 0 Å². The van der Waals surface area contributed by atoms with Crippen molar-refractivity contribution in [1.82, 2.24) is 0 Å². The van der Waals surface area contributed by atoms with Crippen molar-refractivity contribution < 1.29 is 23.4 Å². The summed E-state index contributed by atoms with van der Waals surface area (Å²) in [6.45, 7) is -0.0628. The van der Waals surface area contributed by atoms with Gasteiger partial charge in [-0.3, -0.25) is 4.79 Å². The van der Waals surface area contributed by atoms with Crippen LogP contribution in [-0.2, 0) is 9.53 Å². The van der Waals surface area contributed by atoms with Crippen molar-refractivity contribution in [1.29, 1.82) is 0 Å². The second-order valence-corrected chi connectivity index (χ2v) is 3.92. The molecule has 1 saturated carbocycles. The molecular formula is C8H10F2O3. The number of ether oxygens (including phenoxy) is 1. The lowest BCUT2D eigenvalue weighted by Gasteiger charge is -2.25. The van der Waals surface area contributed by atoms with Crippen LogP contribution in [0.2, 0.25) is 0 Å². The summed E-state index contributed by atoms with van der Waals surface area (Å²) in [5, 5.41) is 8.86. The molecule has 2 fully saturated rings. The number of carboxylic acid groups (broad SMARTS) is 1. The third-order valence-electron chi connectivity index (χ3n) is 3.15. The maximum Gasteiger partial charge on any atom is 0.312 e. The summed E-state index contributed by atoms with van der Waals surface area (Å²) in [5.41, 5.74) is -2.49. The van der Waals surface area contributed by atoms with Gasteiger partial charge in [0, 0.05) is 6.42 Å². The van der Waals surface area contributed by atoms with Gasteiger partial charge < -0.3 is 9.84 Å². The number of hydrogen-bond donors (Lipinski definition) is 1. The number of fused-ring (bicyclic) bond motifs is 2. The molecule has 0 amide bonds. The van der Waals surface area contributed by atoms with Gasteiger partial charge in [-0.15, -0.1) is 0 Å². The zero-order valence-electron chi connectivity index (χ0n) is 6.93. The van der Waals surface area contributed by atoms with E-state index in [4.69, 9.17) is 9.84 Å². The van der Waals surface area contributed by atoms with Crippen LogP contribution in [0.4, 0.5) is 8.78 Å². The lowest BCUT2D eigenvalue weighted by Crippen LogP contribution is -2.35. The van der Waals surface area contributed by atoms with E-state index in [1.54, 1.807) is 0 Å². The predicted octanol–water partition coefficient (Wildman–Crippen LogP) is 1.28. The first-order valence-corrected chi connectivity index (χ1v) is 4.16. The molecule has 13 heavy (non-hydrogen) atoms. The Morgan fingerprint density at radius 3 is 2.38 bits per heavy atom. The molecule has 0 aromatic rings. The van der Waals surface area contributed by atoms with Crippen LogP contribution in [0.5, 0.6) is 0 Å². The Morgan fingerprint density at radius 1 is 1.46 bits per heavy atom. The van der Waals surface area contributed by atoms with Crippen LogP contribution in [0.15, 0.2) is 0 Å². The number of halogens is 2. The molecule has 1 saturated heterocycles. The van der Waals surface area contributed by atoms with E-state index < -0.39 is 23.4 Å². The number of hydrogen-bond acceptors (Lipinski definition) is 2. The smallest absolute Gasteiger partial charge is 0.312 e. The second kappa shape index (κ2) is 2.41. The Morgan fingerprint density at radius 2 is 2.15 bits per heavy atom. The number of alkyl halides is 2. The highest BCUT2D eigenvalue weighted by atomic mass is 19.3. The average Bonchev–Trinajstić information content (AvgIpc) is 2.61. The minimum absolute atomic E-state index is 0.0347. The summed E-state index contributed by atoms with van der Waals surface area (Å²) >= 11 is 0. The van der Waals surface area contributed by atoms with Crippen LogP contribution in [0.1, 0.15) is 19.3 Å². The summed E-state index contributed by atoms with van der Waals surface area (Å²) in [6, 6.07) is 0. The maximum atomic E-state index is 12.5. The molecule has 1 aliphatic carbocycles. The highest BCUT2D eigenvalue weighted by Gasteiger charge is 2.63. The van der Waals surface area contributed by atoms with Gasteiger partial charge in [-0.1, -0.05) is 0 Å². The summed E-state index contributed by atoms with van der Waals surface area (Å²) < 4.78 is 30.0. The van der Waals surface area contributed by atoms with E-state index in [2.05, 4.69) is 0 Å². The second-order valence-electron chi connectivity index (χ2n) is 3.92. The number of carboxylic acids is 1. The molecular weight excluding hydrogens is 182 g/mol. The van der Waals surface area contributed by atoms with E-state index in [1.165, 1.54) is 0 Å². The minimum atomic E-state index is -2.57. The third-order valence-corrected chi connectivity index (χ3v) is 3.15. The Bertz CT molecular complexity index is 244. The minimum Gasteiger partial charge on any atom is -0.481 e. The van der Waals surface area contributed by atoms with Gasteiger partial charge in [0.15, 0.2) is 0 Å². The zero-order valence-corrected chi connectivity index (χ0v) is 6.93. The molecule has 2 rings (SSSR count). The van der Waals surface area contributed by atoms with Gasteiger partial charge in [0.25, 0.3) is 6.43 Å². The SMILES string of the molecule is O=C(O)C12CCC(C(F)F)(C1)OC2. The van der Waals surface area contributed by atoms with Gasteiger partial charge in [0.2, 0.25) is 0 Å². The van der Waals surface area contributed by atoms with Crippen LogP contribution < -0.4 is 0 Å². The van der Waals surface area contributed by atoms with Crippen LogP contribution in [-0.4, -0.2) is 29.7 Å². The molecule has 1 heterocycles. The molecule has 0 aromatic carbocycles. The van der Waals surface area contributed by atoms with Gasteiger partial charge in [0.1, 0.15) is 5.60 Å². The maximum absolute atomic E-state index is 12.5. The molecule has 2 atom stereocenters. The van der Waals surface area contributed by atoms with E-state index in [9.17, 15) is 13.6 Å². The highest BCUT2D eigenvalue weighted by molar-refractivity contribution is 5.76. The molecule has 0 spiro atoms. The van der Waals surface area contributed by atoms with Crippen LogP contribution in [0.25, 0.3) is 0 Å². The summed E-state index contributed by atoms with van der Waals surface area (Å²) in [6.07, 6.45) is -2.13. The van der Waals surface area contributed by atoms with Crippen LogP contribution in [0.3, 0.4) is 0 Å². The van der Waals surface area contributed by atoms with Gasteiger partial charge in [-0.25, -0.2) is 8.78 Å². The van der Waals surface area contributed by atoms with Crippen molar-refractivity contribution >= 4 is 5.97 Å². The summed E-state index contributed by atoms with van der Waals surface area (Å²) in [7, 11) is 0. The topological polar surface area (TPSA) is 46.5 Å².